The molecular weight excluding hydrogens is 172 g/mol. The van der Waals surface area contributed by atoms with Crippen LogP contribution in [0, 0.1) is 6.92 Å². The highest BCUT2D eigenvalue weighted by atomic mass is 16.4. The Kier molecular flexibility index (Phi) is 2.32. The van der Waals surface area contributed by atoms with Gasteiger partial charge < -0.3 is 10.2 Å². The Morgan fingerprint density at radius 2 is 2.00 bits per heavy atom. The monoisotopic (exact) mass is 180 g/mol. The second-order valence-electron chi connectivity index (χ2n) is 2.60. The van der Waals surface area contributed by atoms with Crippen molar-refractivity contribution in [2.75, 3.05) is 0 Å². The third-order valence-corrected chi connectivity index (χ3v) is 1.67. The van der Waals surface area contributed by atoms with E-state index in [1.54, 1.807) is 0 Å². The Labute approximate surface area is 74.1 Å². The Hall–Kier alpha value is -1.84. The van der Waals surface area contributed by atoms with Crippen molar-refractivity contribution in [2.45, 2.75) is 6.92 Å². The lowest BCUT2D eigenvalue weighted by Crippen LogP contribution is -2.04. The van der Waals surface area contributed by atoms with Gasteiger partial charge in [0.05, 0.1) is 0 Å². The molecule has 0 bridgehead atoms. The zero-order chi connectivity index (χ0) is 10.0. The van der Waals surface area contributed by atoms with E-state index in [0.717, 1.165) is 6.07 Å². The van der Waals surface area contributed by atoms with Crippen LogP contribution in [0.5, 0.6) is 5.75 Å². The van der Waals surface area contributed by atoms with E-state index in [1.165, 1.54) is 19.1 Å². The molecule has 0 aliphatic heterocycles. The normalized spacial score (nSPS) is 9.62. The highest BCUT2D eigenvalue weighted by Gasteiger charge is 2.13. The molecule has 0 saturated carbocycles. The van der Waals surface area contributed by atoms with Crippen LogP contribution in [0.1, 0.15) is 15.9 Å². The topological polar surface area (TPSA) is 74.6 Å². The predicted octanol–water partition coefficient (Wildman–Crippen LogP) is 0.759. The van der Waals surface area contributed by atoms with Crippen molar-refractivity contribution in [1.29, 1.82) is 0 Å². The molecule has 1 rings (SSSR count). The summed E-state index contributed by atoms with van der Waals surface area (Å²) in [6.45, 7) is 1.52. The van der Waals surface area contributed by atoms with Gasteiger partial charge in [-0.1, -0.05) is 12.1 Å². The van der Waals surface area contributed by atoms with Crippen LogP contribution < -0.4 is 5.43 Å². The Balaban J connectivity index is 3.68. The second-order valence-corrected chi connectivity index (χ2v) is 2.60. The summed E-state index contributed by atoms with van der Waals surface area (Å²) >= 11 is 0. The van der Waals surface area contributed by atoms with Crippen LogP contribution in [-0.2, 0) is 0 Å². The molecule has 1 aromatic carbocycles. The predicted molar refractivity (Wildman–Crippen MR) is 46.1 cm³/mol. The largest absolute Gasteiger partial charge is 0.504 e. The standard InChI is InChI=1S/C9H8O4/c1-5-3-2-4-6(10)8(11)7(5)9(12)13/h2-4H,1H3,(H,10,11)(H,12,13). The molecule has 0 aromatic heterocycles. The van der Waals surface area contributed by atoms with Gasteiger partial charge in [0.15, 0.2) is 5.75 Å². The lowest BCUT2D eigenvalue weighted by Gasteiger charge is -1.95. The SMILES string of the molecule is Cc1cccc(=O)c(O)c1C(=O)O. The van der Waals surface area contributed by atoms with Gasteiger partial charge in [-0.3, -0.25) is 4.79 Å². The molecule has 0 fully saturated rings. The molecule has 4 heteroatoms. The summed E-state index contributed by atoms with van der Waals surface area (Å²) < 4.78 is 0. The average Bonchev–Trinajstić information content (AvgIpc) is 2.13. The van der Waals surface area contributed by atoms with Gasteiger partial charge in [0, 0.05) is 0 Å². The molecule has 4 nitrogen and oxygen atoms in total. The van der Waals surface area contributed by atoms with Crippen molar-refractivity contribution in [3.63, 3.8) is 0 Å². The van der Waals surface area contributed by atoms with E-state index in [-0.39, 0.29) is 5.56 Å². The van der Waals surface area contributed by atoms with Gasteiger partial charge in [-0.05, 0) is 18.6 Å². The van der Waals surface area contributed by atoms with E-state index in [4.69, 9.17) is 5.11 Å². The van der Waals surface area contributed by atoms with Gasteiger partial charge in [-0.2, -0.15) is 0 Å². The third kappa shape index (κ3) is 1.66. The molecule has 68 valence electrons. The fourth-order valence-electron chi connectivity index (χ4n) is 1.02. The first kappa shape index (κ1) is 9.25. The van der Waals surface area contributed by atoms with Crippen molar-refractivity contribution < 1.29 is 15.0 Å². The number of carbonyl (C=O) groups is 1. The molecule has 0 aliphatic carbocycles. The second kappa shape index (κ2) is 3.26. The minimum atomic E-state index is -1.30. The van der Waals surface area contributed by atoms with Crippen molar-refractivity contribution in [3.8, 4) is 5.75 Å². The lowest BCUT2D eigenvalue weighted by atomic mass is 10.1. The highest BCUT2D eigenvalue weighted by Crippen LogP contribution is 2.14. The molecule has 0 spiro atoms. The summed E-state index contributed by atoms with van der Waals surface area (Å²) in [6.07, 6.45) is 0. The number of hydrogen-bond donors (Lipinski definition) is 2. The van der Waals surface area contributed by atoms with Gasteiger partial charge in [0.25, 0.3) is 0 Å². The van der Waals surface area contributed by atoms with Crippen LogP contribution in [-0.4, -0.2) is 16.2 Å². The van der Waals surface area contributed by atoms with Gasteiger partial charge in [-0.15, -0.1) is 0 Å². The summed E-state index contributed by atoms with van der Waals surface area (Å²) in [5, 5.41) is 17.9. The van der Waals surface area contributed by atoms with Gasteiger partial charge in [0.1, 0.15) is 5.56 Å². The fraction of sp³-hybridized carbons (Fsp3) is 0.111. The van der Waals surface area contributed by atoms with E-state index in [0.29, 0.717) is 5.56 Å². The van der Waals surface area contributed by atoms with E-state index >= 15 is 0 Å². The molecule has 0 heterocycles. The fourth-order valence-corrected chi connectivity index (χ4v) is 1.02. The molecule has 13 heavy (non-hydrogen) atoms. The number of aromatic hydroxyl groups is 1. The summed E-state index contributed by atoms with van der Waals surface area (Å²) in [7, 11) is 0. The highest BCUT2D eigenvalue weighted by molar-refractivity contribution is 5.92. The number of aromatic carboxylic acids is 1. The first-order valence-corrected chi connectivity index (χ1v) is 3.60. The van der Waals surface area contributed by atoms with Crippen LogP contribution in [0.4, 0.5) is 0 Å². The van der Waals surface area contributed by atoms with Crippen molar-refractivity contribution in [3.05, 3.63) is 39.5 Å². The number of carboxylic acid groups (broad SMARTS) is 1. The zero-order valence-corrected chi connectivity index (χ0v) is 6.94. The van der Waals surface area contributed by atoms with Crippen LogP contribution in [0.25, 0.3) is 0 Å². The van der Waals surface area contributed by atoms with E-state index in [1.807, 2.05) is 0 Å². The number of rotatable bonds is 1. The van der Waals surface area contributed by atoms with Crippen LogP contribution in [0.2, 0.25) is 0 Å². The van der Waals surface area contributed by atoms with Crippen molar-refractivity contribution in [2.24, 2.45) is 0 Å². The Morgan fingerprint density at radius 1 is 1.38 bits per heavy atom. The molecule has 0 aliphatic rings. The lowest BCUT2D eigenvalue weighted by molar-refractivity contribution is 0.0693. The molecule has 2 N–H and O–H groups in total. The summed E-state index contributed by atoms with van der Waals surface area (Å²) in [5.41, 5.74) is -0.674. The van der Waals surface area contributed by atoms with Crippen LogP contribution in [0.15, 0.2) is 23.0 Å². The maximum absolute atomic E-state index is 11.0. The molecular formula is C9H8O4. The Bertz CT molecular complexity index is 409. The van der Waals surface area contributed by atoms with Crippen LogP contribution in [0.3, 0.4) is 0 Å². The smallest absolute Gasteiger partial charge is 0.339 e. The minimum absolute atomic E-state index is 0.338. The van der Waals surface area contributed by atoms with Crippen molar-refractivity contribution in [1.82, 2.24) is 0 Å². The summed E-state index contributed by atoms with van der Waals surface area (Å²) in [4.78, 5) is 21.6. The molecule has 0 radical (unpaired) electrons. The summed E-state index contributed by atoms with van der Waals surface area (Å²) in [6, 6.07) is 3.99. The van der Waals surface area contributed by atoms with Crippen LogP contribution >= 0.6 is 0 Å². The molecule has 1 aromatic rings. The number of aryl methyl sites for hydroxylation is 1. The Morgan fingerprint density at radius 3 is 2.54 bits per heavy atom. The third-order valence-electron chi connectivity index (χ3n) is 1.67. The first-order chi connectivity index (χ1) is 6.04. The molecule has 0 amide bonds. The van der Waals surface area contributed by atoms with Gasteiger partial charge >= 0.3 is 5.97 Å². The van der Waals surface area contributed by atoms with Crippen molar-refractivity contribution >= 4 is 5.97 Å². The molecule has 0 saturated heterocycles. The van der Waals surface area contributed by atoms with E-state index in [2.05, 4.69) is 0 Å². The average molecular weight is 180 g/mol. The maximum atomic E-state index is 11.0. The minimum Gasteiger partial charge on any atom is -0.504 e. The number of hydrogen-bond acceptors (Lipinski definition) is 3. The van der Waals surface area contributed by atoms with Gasteiger partial charge in [-0.25, -0.2) is 4.79 Å². The van der Waals surface area contributed by atoms with E-state index in [9.17, 15) is 14.7 Å². The summed E-state index contributed by atoms with van der Waals surface area (Å²) in [5.74, 6) is -2.02. The molecule has 0 atom stereocenters. The quantitative estimate of drug-likeness (QED) is 0.669. The number of carboxylic acids is 1. The van der Waals surface area contributed by atoms with E-state index < -0.39 is 17.1 Å². The molecule has 0 unspecified atom stereocenters. The zero-order valence-electron chi connectivity index (χ0n) is 6.94. The van der Waals surface area contributed by atoms with Gasteiger partial charge in [0.2, 0.25) is 5.43 Å². The first-order valence-electron chi connectivity index (χ1n) is 3.60. The maximum Gasteiger partial charge on any atom is 0.339 e.